The van der Waals surface area contributed by atoms with Gasteiger partial charge in [0.25, 0.3) is 11.1 Å². The minimum atomic E-state index is -0.632. The number of nitrogens with zero attached hydrogens (tertiary/aromatic N) is 2. The van der Waals surface area contributed by atoms with Crippen LogP contribution in [0.4, 0.5) is 4.79 Å². The molecule has 1 fully saturated rings. The molecule has 0 radical (unpaired) electrons. The average Bonchev–Trinajstić information content (AvgIpc) is 3.17. The fourth-order valence-corrected chi connectivity index (χ4v) is 4.51. The van der Waals surface area contributed by atoms with Gasteiger partial charge in [-0.25, -0.2) is 0 Å². The zero-order valence-corrected chi connectivity index (χ0v) is 17.7. The number of methoxy groups -OCH3 is 1. The average molecular weight is 420 g/mol. The lowest BCUT2D eigenvalue weighted by molar-refractivity contribution is -0.143. The Morgan fingerprint density at radius 2 is 1.83 bits per heavy atom. The lowest BCUT2D eigenvalue weighted by atomic mass is 10.1. The maximum absolute atomic E-state index is 12.6. The van der Waals surface area contributed by atoms with Gasteiger partial charge in [-0.3, -0.25) is 19.3 Å². The van der Waals surface area contributed by atoms with Crippen LogP contribution in [0, 0.1) is 13.8 Å². The molecule has 2 heterocycles. The van der Waals surface area contributed by atoms with Gasteiger partial charge in [0.1, 0.15) is 6.54 Å². The van der Waals surface area contributed by atoms with Crippen molar-refractivity contribution >= 4 is 45.7 Å². The highest BCUT2D eigenvalue weighted by atomic mass is 32.2. The zero-order valence-electron chi connectivity index (χ0n) is 16.8. The van der Waals surface area contributed by atoms with Crippen molar-refractivity contribution in [2.24, 2.45) is 0 Å². The fourth-order valence-electron chi connectivity index (χ4n) is 3.68. The Balaban J connectivity index is 1.74. The van der Waals surface area contributed by atoms with E-state index in [1.54, 1.807) is 6.08 Å². The Hall–Kier alpha value is -3.32. The molecule has 2 amide bonds. The summed E-state index contributed by atoms with van der Waals surface area (Å²) in [6.07, 6.45) is 1.71. The monoisotopic (exact) mass is 420 g/mol. The topological polar surface area (TPSA) is 68.6 Å². The van der Waals surface area contributed by atoms with E-state index >= 15 is 0 Å². The van der Waals surface area contributed by atoms with Gasteiger partial charge in [-0.05, 0) is 54.8 Å². The van der Waals surface area contributed by atoms with Crippen LogP contribution in [0.15, 0.2) is 53.4 Å². The number of imide groups is 1. The second-order valence-corrected chi connectivity index (χ2v) is 8.00. The first-order valence-corrected chi connectivity index (χ1v) is 10.2. The summed E-state index contributed by atoms with van der Waals surface area (Å²) in [6.45, 7) is 3.61. The molecule has 3 aromatic rings. The predicted molar refractivity (Wildman–Crippen MR) is 117 cm³/mol. The van der Waals surface area contributed by atoms with Crippen LogP contribution in [-0.4, -0.2) is 40.2 Å². The van der Waals surface area contributed by atoms with Crippen LogP contribution in [0.5, 0.6) is 0 Å². The van der Waals surface area contributed by atoms with Crippen LogP contribution in [0.1, 0.15) is 17.0 Å². The molecule has 0 N–H and O–H groups in total. The standard InChI is InChI=1S/C23H20N2O4S/c1-14-11-17(12-20-22(27)24(23(28)30-20)13-21(26)29-3)15(2)25(14)19-10-6-8-16-7-4-5-9-18(16)19/h4-12H,13H2,1-3H3. The van der Waals surface area contributed by atoms with Crippen LogP contribution in [0.25, 0.3) is 22.5 Å². The van der Waals surface area contributed by atoms with Crippen LogP contribution in [0.2, 0.25) is 0 Å². The van der Waals surface area contributed by atoms with E-state index in [0.717, 1.165) is 50.1 Å². The molecule has 6 nitrogen and oxygen atoms in total. The number of amides is 2. The Bertz CT molecular complexity index is 1220. The van der Waals surface area contributed by atoms with Gasteiger partial charge in [0.05, 0.1) is 17.7 Å². The van der Waals surface area contributed by atoms with Crippen molar-refractivity contribution in [2.75, 3.05) is 13.7 Å². The Morgan fingerprint density at radius 3 is 2.60 bits per heavy atom. The van der Waals surface area contributed by atoms with Crippen LogP contribution < -0.4 is 0 Å². The second-order valence-electron chi connectivity index (χ2n) is 7.00. The molecule has 1 aromatic heterocycles. The van der Waals surface area contributed by atoms with E-state index in [1.807, 2.05) is 38.1 Å². The first kappa shape index (κ1) is 20.0. The van der Waals surface area contributed by atoms with Gasteiger partial charge in [-0.2, -0.15) is 0 Å². The second kappa shape index (κ2) is 7.84. The highest BCUT2D eigenvalue weighted by molar-refractivity contribution is 8.18. The summed E-state index contributed by atoms with van der Waals surface area (Å²) in [5, 5.41) is 1.80. The number of esters is 1. The minimum absolute atomic E-state index is 0.294. The quantitative estimate of drug-likeness (QED) is 0.461. The van der Waals surface area contributed by atoms with Gasteiger partial charge in [0, 0.05) is 16.8 Å². The van der Waals surface area contributed by atoms with E-state index in [1.165, 1.54) is 7.11 Å². The summed E-state index contributed by atoms with van der Waals surface area (Å²) >= 11 is 0.833. The maximum Gasteiger partial charge on any atom is 0.325 e. The highest BCUT2D eigenvalue weighted by Gasteiger charge is 2.36. The lowest BCUT2D eigenvalue weighted by Gasteiger charge is -2.13. The minimum Gasteiger partial charge on any atom is -0.468 e. The lowest BCUT2D eigenvalue weighted by Crippen LogP contribution is -2.34. The highest BCUT2D eigenvalue weighted by Crippen LogP contribution is 2.34. The summed E-state index contributed by atoms with van der Waals surface area (Å²) in [5.41, 5.74) is 3.89. The molecule has 0 unspecified atom stereocenters. The largest absolute Gasteiger partial charge is 0.468 e. The molecule has 4 rings (SSSR count). The predicted octanol–water partition coefficient (Wildman–Crippen LogP) is 4.46. The SMILES string of the molecule is COC(=O)CN1C(=O)SC(=Cc2cc(C)n(-c3cccc4ccccc34)c2C)C1=O. The third kappa shape index (κ3) is 3.41. The van der Waals surface area contributed by atoms with Crippen molar-refractivity contribution in [3.63, 3.8) is 0 Å². The molecule has 1 aliphatic heterocycles. The molecular weight excluding hydrogens is 400 g/mol. The van der Waals surface area contributed by atoms with E-state index in [0.29, 0.717) is 4.91 Å². The summed E-state index contributed by atoms with van der Waals surface area (Å²) in [6, 6.07) is 16.3. The number of aryl methyl sites for hydroxylation is 1. The molecule has 0 aliphatic carbocycles. The molecule has 2 aromatic carbocycles. The van der Waals surface area contributed by atoms with Crippen molar-refractivity contribution in [3.8, 4) is 5.69 Å². The van der Waals surface area contributed by atoms with Gasteiger partial charge in [0.15, 0.2) is 0 Å². The normalized spacial score (nSPS) is 15.4. The van der Waals surface area contributed by atoms with Crippen LogP contribution >= 0.6 is 11.8 Å². The maximum atomic E-state index is 12.6. The van der Waals surface area contributed by atoms with E-state index in [2.05, 4.69) is 33.6 Å². The first-order valence-electron chi connectivity index (χ1n) is 9.40. The Morgan fingerprint density at radius 1 is 1.10 bits per heavy atom. The number of thioether (sulfide) groups is 1. The molecule has 152 valence electrons. The number of rotatable bonds is 4. The fraction of sp³-hybridized carbons (Fsp3) is 0.174. The van der Waals surface area contributed by atoms with Crippen molar-refractivity contribution in [1.29, 1.82) is 0 Å². The number of carbonyl (C=O) groups is 3. The van der Waals surface area contributed by atoms with Crippen molar-refractivity contribution in [2.45, 2.75) is 13.8 Å². The molecular formula is C23H20N2O4S. The van der Waals surface area contributed by atoms with Crippen LogP contribution in [-0.2, 0) is 14.3 Å². The Kier molecular flexibility index (Phi) is 5.22. The zero-order chi connectivity index (χ0) is 21.4. The summed E-state index contributed by atoms with van der Waals surface area (Å²) in [7, 11) is 1.22. The number of aromatic nitrogens is 1. The first-order chi connectivity index (χ1) is 14.4. The van der Waals surface area contributed by atoms with Gasteiger partial charge in [-0.1, -0.05) is 36.4 Å². The number of fused-ring (bicyclic) bond motifs is 1. The number of hydrogen-bond acceptors (Lipinski definition) is 5. The van der Waals surface area contributed by atoms with E-state index < -0.39 is 17.1 Å². The summed E-state index contributed by atoms with van der Waals surface area (Å²) < 4.78 is 6.71. The van der Waals surface area contributed by atoms with E-state index in [4.69, 9.17) is 0 Å². The number of carbonyl (C=O) groups excluding carboxylic acids is 3. The summed E-state index contributed by atoms with van der Waals surface area (Å²) in [5.74, 6) is -1.11. The molecule has 0 saturated carbocycles. The van der Waals surface area contributed by atoms with E-state index in [-0.39, 0.29) is 6.54 Å². The van der Waals surface area contributed by atoms with Gasteiger partial charge in [0.2, 0.25) is 0 Å². The molecule has 1 aliphatic rings. The van der Waals surface area contributed by atoms with Crippen LogP contribution in [0.3, 0.4) is 0 Å². The molecule has 7 heteroatoms. The van der Waals surface area contributed by atoms with Crippen molar-refractivity contribution < 1.29 is 19.1 Å². The third-order valence-electron chi connectivity index (χ3n) is 5.15. The molecule has 0 bridgehead atoms. The summed E-state index contributed by atoms with van der Waals surface area (Å²) in [4.78, 5) is 37.5. The van der Waals surface area contributed by atoms with Gasteiger partial charge >= 0.3 is 5.97 Å². The third-order valence-corrected chi connectivity index (χ3v) is 6.06. The molecule has 1 saturated heterocycles. The Labute approximate surface area is 178 Å². The molecule has 0 spiro atoms. The number of hydrogen-bond donors (Lipinski definition) is 0. The smallest absolute Gasteiger partial charge is 0.325 e. The number of ether oxygens (including phenoxy) is 1. The van der Waals surface area contributed by atoms with Gasteiger partial charge < -0.3 is 9.30 Å². The molecule has 0 atom stereocenters. The van der Waals surface area contributed by atoms with E-state index in [9.17, 15) is 14.4 Å². The van der Waals surface area contributed by atoms with Gasteiger partial charge in [-0.15, -0.1) is 0 Å². The number of benzene rings is 2. The molecule has 30 heavy (non-hydrogen) atoms. The van der Waals surface area contributed by atoms with Crippen molar-refractivity contribution in [3.05, 3.63) is 70.4 Å². The van der Waals surface area contributed by atoms with Crippen molar-refractivity contribution in [1.82, 2.24) is 9.47 Å².